The van der Waals surface area contributed by atoms with Gasteiger partial charge in [0, 0.05) is 12.6 Å². The summed E-state index contributed by atoms with van der Waals surface area (Å²) in [4.78, 5) is 13.8. The van der Waals surface area contributed by atoms with Gasteiger partial charge in [-0.05, 0) is 18.7 Å². The molecule has 1 unspecified atom stereocenters. The van der Waals surface area contributed by atoms with E-state index < -0.39 is 0 Å². The summed E-state index contributed by atoms with van der Waals surface area (Å²) in [6.07, 6.45) is 0. The van der Waals surface area contributed by atoms with Gasteiger partial charge in [-0.15, -0.1) is 0 Å². The van der Waals surface area contributed by atoms with Crippen molar-refractivity contribution in [3.8, 4) is 0 Å². The molecule has 1 aromatic rings. The van der Waals surface area contributed by atoms with Gasteiger partial charge in [0.1, 0.15) is 0 Å². The van der Waals surface area contributed by atoms with Crippen LogP contribution in [0.4, 0.5) is 0 Å². The lowest BCUT2D eigenvalue weighted by Crippen LogP contribution is -2.39. The predicted octanol–water partition coefficient (Wildman–Crippen LogP) is 1.14. The number of benzene rings is 1. The number of rotatable bonds is 7. The van der Waals surface area contributed by atoms with Crippen LogP contribution in [0.3, 0.4) is 0 Å². The molecule has 0 aliphatic rings. The van der Waals surface area contributed by atoms with Crippen molar-refractivity contribution in [1.29, 1.82) is 0 Å². The van der Waals surface area contributed by atoms with Crippen molar-refractivity contribution < 1.29 is 4.79 Å². The summed E-state index contributed by atoms with van der Waals surface area (Å²) in [5.41, 5.74) is 7.05. The SMILES string of the molecule is CCN(CC)CC(=O)NCC(N)c1ccccc1. The molecule has 0 saturated heterocycles. The van der Waals surface area contributed by atoms with Gasteiger partial charge in [0.2, 0.25) is 5.91 Å². The molecule has 0 aliphatic heterocycles. The van der Waals surface area contributed by atoms with Crippen molar-refractivity contribution in [3.63, 3.8) is 0 Å². The Bertz CT molecular complexity index is 349. The molecular weight excluding hydrogens is 226 g/mol. The average Bonchev–Trinajstić information content (AvgIpc) is 2.43. The zero-order chi connectivity index (χ0) is 13.4. The third-order valence-electron chi connectivity index (χ3n) is 3.01. The number of nitrogens with zero attached hydrogens (tertiary/aromatic N) is 1. The largest absolute Gasteiger partial charge is 0.353 e. The van der Waals surface area contributed by atoms with E-state index >= 15 is 0 Å². The smallest absolute Gasteiger partial charge is 0.234 e. The third kappa shape index (κ3) is 4.85. The normalized spacial score (nSPS) is 12.4. The van der Waals surface area contributed by atoms with Crippen LogP contribution in [0.1, 0.15) is 25.5 Å². The molecule has 4 nitrogen and oxygen atoms in total. The van der Waals surface area contributed by atoms with E-state index in [0.717, 1.165) is 18.7 Å². The lowest BCUT2D eigenvalue weighted by molar-refractivity contribution is -0.122. The summed E-state index contributed by atoms with van der Waals surface area (Å²) in [5.74, 6) is 0.0325. The molecule has 1 amide bonds. The molecule has 0 aromatic heterocycles. The van der Waals surface area contributed by atoms with E-state index in [1.807, 2.05) is 44.2 Å². The van der Waals surface area contributed by atoms with Crippen LogP contribution in [0.5, 0.6) is 0 Å². The van der Waals surface area contributed by atoms with E-state index in [1.54, 1.807) is 0 Å². The molecule has 1 atom stereocenters. The van der Waals surface area contributed by atoms with Gasteiger partial charge in [-0.1, -0.05) is 44.2 Å². The Morgan fingerprint density at radius 1 is 1.28 bits per heavy atom. The molecule has 0 radical (unpaired) electrons. The minimum Gasteiger partial charge on any atom is -0.353 e. The first kappa shape index (κ1) is 14.7. The standard InChI is InChI=1S/C14H23N3O/c1-3-17(4-2)11-14(18)16-10-13(15)12-8-6-5-7-9-12/h5-9,13H,3-4,10-11,15H2,1-2H3,(H,16,18). The van der Waals surface area contributed by atoms with E-state index in [-0.39, 0.29) is 11.9 Å². The first-order valence-corrected chi connectivity index (χ1v) is 6.47. The Balaban J connectivity index is 2.34. The van der Waals surface area contributed by atoms with E-state index in [1.165, 1.54) is 0 Å². The fourth-order valence-corrected chi connectivity index (χ4v) is 1.75. The van der Waals surface area contributed by atoms with Gasteiger partial charge in [0.15, 0.2) is 0 Å². The Kier molecular flexibility index (Phi) is 6.39. The number of carbonyl (C=O) groups is 1. The molecule has 0 fully saturated rings. The predicted molar refractivity (Wildman–Crippen MR) is 74.2 cm³/mol. The highest BCUT2D eigenvalue weighted by Crippen LogP contribution is 2.07. The van der Waals surface area contributed by atoms with Crippen molar-refractivity contribution in [2.24, 2.45) is 5.73 Å². The molecule has 1 rings (SSSR count). The van der Waals surface area contributed by atoms with E-state index in [2.05, 4.69) is 10.2 Å². The minimum atomic E-state index is -0.146. The van der Waals surface area contributed by atoms with Gasteiger partial charge < -0.3 is 11.1 Å². The molecule has 3 N–H and O–H groups in total. The van der Waals surface area contributed by atoms with Crippen LogP contribution in [-0.2, 0) is 4.79 Å². The van der Waals surface area contributed by atoms with Gasteiger partial charge >= 0.3 is 0 Å². The number of nitrogens with one attached hydrogen (secondary N) is 1. The summed E-state index contributed by atoms with van der Waals surface area (Å²) in [6.45, 7) is 6.78. The van der Waals surface area contributed by atoms with E-state index in [9.17, 15) is 4.79 Å². The first-order valence-electron chi connectivity index (χ1n) is 6.47. The van der Waals surface area contributed by atoms with Crippen molar-refractivity contribution in [2.45, 2.75) is 19.9 Å². The maximum atomic E-state index is 11.7. The molecule has 0 saturated carbocycles. The van der Waals surface area contributed by atoms with Gasteiger partial charge in [-0.2, -0.15) is 0 Å². The summed E-state index contributed by atoms with van der Waals surface area (Å²) in [6, 6.07) is 9.66. The number of likely N-dealkylation sites (N-methyl/N-ethyl adjacent to an activating group) is 1. The maximum Gasteiger partial charge on any atom is 0.234 e. The number of carbonyl (C=O) groups excluding carboxylic acids is 1. The molecular formula is C14H23N3O. The van der Waals surface area contributed by atoms with Gasteiger partial charge in [-0.25, -0.2) is 0 Å². The monoisotopic (exact) mass is 249 g/mol. The van der Waals surface area contributed by atoms with Crippen LogP contribution < -0.4 is 11.1 Å². The highest BCUT2D eigenvalue weighted by molar-refractivity contribution is 5.78. The lowest BCUT2D eigenvalue weighted by Gasteiger charge is -2.18. The Morgan fingerprint density at radius 3 is 2.44 bits per heavy atom. The minimum absolute atomic E-state index is 0.0325. The molecule has 0 bridgehead atoms. The van der Waals surface area contributed by atoms with Crippen LogP contribution in [0.25, 0.3) is 0 Å². The van der Waals surface area contributed by atoms with Crippen LogP contribution in [0.2, 0.25) is 0 Å². The summed E-state index contributed by atoms with van der Waals surface area (Å²) in [5, 5.41) is 2.87. The van der Waals surface area contributed by atoms with E-state index in [0.29, 0.717) is 13.1 Å². The summed E-state index contributed by atoms with van der Waals surface area (Å²) in [7, 11) is 0. The summed E-state index contributed by atoms with van der Waals surface area (Å²) >= 11 is 0. The fourth-order valence-electron chi connectivity index (χ4n) is 1.75. The Morgan fingerprint density at radius 2 is 1.89 bits per heavy atom. The van der Waals surface area contributed by atoms with E-state index in [4.69, 9.17) is 5.73 Å². The van der Waals surface area contributed by atoms with Crippen molar-refractivity contribution in [3.05, 3.63) is 35.9 Å². The highest BCUT2D eigenvalue weighted by atomic mass is 16.2. The molecule has 0 heterocycles. The second-order valence-corrected chi connectivity index (χ2v) is 4.28. The summed E-state index contributed by atoms with van der Waals surface area (Å²) < 4.78 is 0. The molecule has 4 heteroatoms. The third-order valence-corrected chi connectivity index (χ3v) is 3.01. The number of amides is 1. The molecule has 0 spiro atoms. The van der Waals surface area contributed by atoms with Gasteiger partial charge in [-0.3, -0.25) is 9.69 Å². The van der Waals surface area contributed by atoms with Gasteiger partial charge in [0.25, 0.3) is 0 Å². The average molecular weight is 249 g/mol. The zero-order valence-electron chi connectivity index (χ0n) is 11.2. The number of hydrogen-bond donors (Lipinski definition) is 2. The number of hydrogen-bond acceptors (Lipinski definition) is 3. The van der Waals surface area contributed by atoms with Crippen LogP contribution in [0.15, 0.2) is 30.3 Å². The number of nitrogens with two attached hydrogens (primary N) is 1. The second-order valence-electron chi connectivity index (χ2n) is 4.28. The van der Waals surface area contributed by atoms with Crippen LogP contribution in [0, 0.1) is 0 Å². The lowest BCUT2D eigenvalue weighted by atomic mass is 10.1. The topological polar surface area (TPSA) is 58.4 Å². The fraction of sp³-hybridized carbons (Fsp3) is 0.500. The molecule has 100 valence electrons. The van der Waals surface area contributed by atoms with Crippen molar-refractivity contribution in [1.82, 2.24) is 10.2 Å². The quantitative estimate of drug-likeness (QED) is 0.762. The first-order chi connectivity index (χ1) is 8.67. The Labute approximate surface area is 109 Å². The zero-order valence-corrected chi connectivity index (χ0v) is 11.2. The highest BCUT2D eigenvalue weighted by Gasteiger charge is 2.09. The Hall–Kier alpha value is -1.39. The van der Waals surface area contributed by atoms with Crippen molar-refractivity contribution in [2.75, 3.05) is 26.2 Å². The molecule has 18 heavy (non-hydrogen) atoms. The molecule has 1 aromatic carbocycles. The van der Waals surface area contributed by atoms with Crippen molar-refractivity contribution >= 4 is 5.91 Å². The maximum absolute atomic E-state index is 11.7. The van der Waals surface area contributed by atoms with Crippen LogP contribution in [-0.4, -0.2) is 37.0 Å². The van der Waals surface area contributed by atoms with Crippen LogP contribution >= 0.6 is 0 Å². The second kappa shape index (κ2) is 7.84. The van der Waals surface area contributed by atoms with Gasteiger partial charge in [0.05, 0.1) is 6.54 Å². The molecule has 0 aliphatic carbocycles.